The first-order chi connectivity index (χ1) is 20.6. The average molecular weight is 587 g/mol. The van der Waals surface area contributed by atoms with Gasteiger partial charge in [-0.15, -0.1) is 0 Å². The molecule has 224 valence electrons. The molecule has 1 heterocycles. The highest BCUT2D eigenvalue weighted by Crippen LogP contribution is 2.27. The molecule has 10 heteroatoms. The van der Waals surface area contributed by atoms with Gasteiger partial charge in [0.2, 0.25) is 5.89 Å². The van der Waals surface area contributed by atoms with Crippen molar-refractivity contribution in [3.63, 3.8) is 0 Å². The summed E-state index contributed by atoms with van der Waals surface area (Å²) < 4.78 is 17.0. The lowest BCUT2D eigenvalue weighted by Gasteiger charge is -2.14. The zero-order chi connectivity index (χ0) is 30.9. The van der Waals surface area contributed by atoms with Gasteiger partial charge in [-0.05, 0) is 85.8 Å². The maximum Gasteiger partial charge on any atom is 0.407 e. The lowest BCUT2D eigenvalue weighted by molar-refractivity contribution is -0.136. The number of aliphatic carboxylic acids is 1. The van der Waals surface area contributed by atoms with E-state index in [2.05, 4.69) is 10.3 Å². The van der Waals surface area contributed by atoms with E-state index in [1.165, 1.54) is 0 Å². The Labute approximate surface area is 249 Å². The Morgan fingerprint density at radius 1 is 0.907 bits per heavy atom. The minimum Gasteiger partial charge on any atom is -0.493 e. The molecule has 10 nitrogen and oxygen atoms in total. The molecule has 0 saturated heterocycles. The summed E-state index contributed by atoms with van der Waals surface area (Å²) >= 11 is 0. The maximum atomic E-state index is 12.0. The molecule has 43 heavy (non-hydrogen) atoms. The Balaban J connectivity index is 1.39. The molecular weight excluding hydrogens is 552 g/mol. The fraction of sp³-hybridized carbons (Fsp3) is 0.273. The Morgan fingerprint density at radius 3 is 2.35 bits per heavy atom. The Bertz CT molecular complexity index is 1590. The van der Waals surface area contributed by atoms with Gasteiger partial charge in [-0.25, -0.2) is 14.6 Å². The maximum absolute atomic E-state index is 12.0. The number of hydrogen-bond donors (Lipinski definition) is 3. The van der Waals surface area contributed by atoms with Crippen LogP contribution in [0.15, 0.2) is 71.1 Å². The van der Waals surface area contributed by atoms with Gasteiger partial charge in [-0.1, -0.05) is 30.3 Å². The van der Waals surface area contributed by atoms with Crippen LogP contribution in [-0.4, -0.2) is 45.9 Å². The third-order valence-electron chi connectivity index (χ3n) is 6.63. The summed E-state index contributed by atoms with van der Waals surface area (Å²) in [5.74, 6) is -0.143. The Hall–Kier alpha value is -5.12. The molecule has 0 unspecified atom stereocenters. The molecule has 3 N–H and O–H groups in total. The summed E-state index contributed by atoms with van der Waals surface area (Å²) in [6, 6.07) is 19.7. The number of carboxylic acid groups (broad SMARTS) is 2. The quantitative estimate of drug-likeness (QED) is 0.164. The first kappa shape index (κ1) is 30.8. The molecule has 4 aromatic rings. The van der Waals surface area contributed by atoms with Crippen molar-refractivity contribution in [3.8, 4) is 28.3 Å². The van der Waals surface area contributed by atoms with Gasteiger partial charge in [0.15, 0.2) is 0 Å². The van der Waals surface area contributed by atoms with Crippen molar-refractivity contribution in [2.24, 2.45) is 0 Å². The molecule has 3 aromatic carbocycles. The monoisotopic (exact) mass is 586 g/mol. The van der Waals surface area contributed by atoms with Crippen molar-refractivity contribution < 1.29 is 38.5 Å². The summed E-state index contributed by atoms with van der Waals surface area (Å²) in [4.78, 5) is 39.0. The number of benzene rings is 3. The van der Waals surface area contributed by atoms with Gasteiger partial charge in [0, 0.05) is 24.9 Å². The van der Waals surface area contributed by atoms with Crippen LogP contribution in [0.5, 0.6) is 5.75 Å². The van der Waals surface area contributed by atoms with Crippen molar-refractivity contribution in [1.29, 1.82) is 0 Å². The zero-order valence-electron chi connectivity index (χ0n) is 24.3. The van der Waals surface area contributed by atoms with Crippen LogP contribution in [0.1, 0.15) is 53.2 Å². The molecule has 0 spiro atoms. The van der Waals surface area contributed by atoms with Gasteiger partial charge in [0.1, 0.15) is 11.5 Å². The number of oxazole rings is 1. The van der Waals surface area contributed by atoms with E-state index in [0.717, 1.165) is 33.5 Å². The molecule has 0 aliphatic rings. The van der Waals surface area contributed by atoms with Crippen LogP contribution in [0.25, 0.3) is 22.6 Å². The number of aryl methyl sites for hydroxylation is 2. The van der Waals surface area contributed by atoms with E-state index < -0.39 is 18.0 Å². The predicted octanol–water partition coefficient (Wildman–Crippen LogP) is 6.29. The number of rotatable bonds is 13. The van der Waals surface area contributed by atoms with Crippen LogP contribution in [0, 0.1) is 6.92 Å². The molecule has 0 fully saturated rings. The topological polar surface area (TPSA) is 148 Å². The van der Waals surface area contributed by atoms with E-state index in [1.54, 1.807) is 44.2 Å². The number of aromatic carboxylic acids is 1. The SMILES string of the molecule is Cc1oc(-c2ccc(-c3cccc(C(=O)O)c3)cc2)nc1CCOc1ccc(CCC(=O)O)c(CNC(=O)OC(C)C)c1. The normalized spacial score (nSPS) is 10.9. The van der Waals surface area contributed by atoms with Crippen molar-refractivity contribution in [1.82, 2.24) is 10.3 Å². The summed E-state index contributed by atoms with van der Waals surface area (Å²) in [6.45, 7) is 5.85. The second kappa shape index (κ2) is 14.2. The third-order valence-corrected chi connectivity index (χ3v) is 6.63. The first-order valence-corrected chi connectivity index (χ1v) is 13.9. The van der Waals surface area contributed by atoms with Gasteiger partial charge < -0.3 is 29.4 Å². The van der Waals surface area contributed by atoms with E-state index in [9.17, 15) is 19.5 Å². The highest BCUT2D eigenvalue weighted by molar-refractivity contribution is 5.89. The van der Waals surface area contributed by atoms with Crippen LogP contribution in [0.4, 0.5) is 4.79 Å². The minimum atomic E-state index is -0.973. The molecule has 0 saturated carbocycles. The van der Waals surface area contributed by atoms with Gasteiger partial charge in [0.05, 0.1) is 24.0 Å². The molecular formula is C33H34N2O8. The van der Waals surface area contributed by atoms with E-state index in [0.29, 0.717) is 36.8 Å². The fourth-order valence-corrected chi connectivity index (χ4v) is 4.45. The van der Waals surface area contributed by atoms with Crippen LogP contribution < -0.4 is 10.1 Å². The third kappa shape index (κ3) is 8.68. The molecule has 1 amide bonds. The average Bonchev–Trinajstić information content (AvgIpc) is 3.35. The van der Waals surface area contributed by atoms with Crippen molar-refractivity contribution in [2.45, 2.75) is 52.7 Å². The highest BCUT2D eigenvalue weighted by atomic mass is 16.6. The second-order valence-electron chi connectivity index (χ2n) is 10.2. The second-order valence-corrected chi connectivity index (χ2v) is 10.2. The number of ether oxygens (including phenoxy) is 2. The largest absolute Gasteiger partial charge is 0.493 e. The van der Waals surface area contributed by atoms with Crippen molar-refractivity contribution in [3.05, 3.63) is 94.9 Å². The Kier molecular flexibility index (Phi) is 10.2. The number of aromatic nitrogens is 1. The molecule has 0 bridgehead atoms. The highest BCUT2D eigenvalue weighted by Gasteiger charge is 2.14. The Morgan fingerprint density at radius 2 is 1.65 bits per heavy atom. The summed E-state index contributed by atoms with van der Waals surface area (Å²) in [5, 5.41) is 21.1. The fourth-order valence-electron chi connectivity index (χ4n) is 4.45. The van der Waals surface area contributed by atoms with E-state index >= 15 is 0 Å². The zero-order valence-corrected chi connectivity index (χ0v) is 24.3. The molecule has 0 aliphatic carbocycles. The molecule has 0 aliphatic heterocycles. The molecule has 1 aromatic heterocycles. The standard InChI is InChI=1S/C33H34N2O8/c1-20(2)42-33(40)34-19-27-18-28(13-11-23(27)12-14-30(36)37)41-16-15-29-21(3)43-31(35-29)24-9-7-22(8-10-24)25-5-4-6-26(17-25)32(38)39/h4-11,13,17-18,20H,12,14-16,19H2,1-3H3,(H,34,40)(H,36,37)(H,38,39). The van der Waals surface area contributed by atoms with Crippen molar-refractivity contribution >= 4 is 18.0 Å². The molecule has 0 radical (unpaired) electrons. The number of carboxylic acids is 2. The number of carbonyl (C=O) groups is 3. The van der Waals surface area contributed by atoms with Crippen molar-refractivity contribution in [2.75, 3.05) is 6.61 Å². The van der Waals surface area contributed by atoms with Gasteiger partial charge in [0.25, 0.3) is 0 Å². The van der Waals surface area contributed by atoms with Crippen LogP contribution in [0.3, 0.4) is 0 Å². The first-order valence-electron chi connectivity index (χ1n) is 13.9. The molecule has 4 rings (SSSR count). The van der Waals surface area contributed by atoms with E-state index in [4.69, 9.17) is 19.0 Å². The predicted molar refractivity (Wildman–Crippen MR) is 159 cm³/mol. The lowest BCUT2D eigenvalue weighted by Crippen LogP contribution is -2.26. The number of hydrogen-bond acceptors (Lipinski definition) is 7. The number of nitrogens with one attached hydrogen (secondary N) is 1. The number of nitrogens with zero attached hydrogens (tertiary/aromatic N) is 1. The number of amides is 1. The van der Waals surface area contributed by atoms with Gasteiger partial charge in [-0.3, -0.25) is 4.79 Å². The smallest absolute Gasteiger partial charge is 0.407 e. The van der Waals surface area contributed by atoms with Crippen LogP contribution in [-0.2, 0) is 28.9 Å². The summed E-state index contributed by atoms with van der Waals surface area (Å²) in [7, 11) is 0. The van der Waals surface area contributed by atoms with E-state index in [1.807, 2.05) is 43.3 Å². The summed E-state index contributed by atoms with van der Waals surface area (Å²) in [6.07, 6.45) is -0.0283. The minimum absolute atomic E-state index is 0.0297. The van der Waals surface area contributed by atoms with Crippen LogP contribution in [0.2, 0.25) is 0 Å². The van der Waals surface area contributed by atoms with Gasteiger partial charge >= 0.3 is 18.0 Å². The van der Waals surface area contributed by atoms with Gasteiger partial charge in [-0.2, -0.15) is 0 Å². The van der Waals surface area contributed by atoms with Crippen LogP contribution >= 0.6 is 0 Å². The number of carbonyl (C=O) groups excluding carboxylic acids is 1. The number of alkyl carbamates (subject to hydrolysis) is 1. The lowest BCUT2D eigenvalue weighted by atomic mass is 10.0. The molecule has 0 atom stereocenters. The van der Waals surface area contributed by atoms with E-state index in [-0.39, 0.29) is 24.6 Å². The summed E-state index contributed by atoms with van der Waals surface area (Å²) in [5.41, 5.74) is 5.00.